The number of benzene rings is 9. The summed E-state index contributed by atoms with van der Waals surface area (Å²) >= 11 is 0. The van der Waals surface area contributed by atoms with Gasteiger partial charge in [-0.05, 0) is 90.5 Å². The Labute approximate surface area is 406 Å². The molecule has 1 aliphatic carbocycles. The fraction of sp³-hybridized carbons (Fsp3) is 0.100. The summed E-state index contributed by atoms with van der Waals surface area (Å²) in [6.07, 6.45) is 0. The van der Waals surface area contributed by atoms with E-state index in [0.29, 0.717) is 0 Å². The summed E-state index contributed by atoms with van der Waals surface area (Å²) < 4.78 is 4.50. The van der Waals surface area contributed by atoms with Crippen LogP contribution in [0.25, 0.3) is 78.1 Å². The number of rotatable bonds is 8. The van der Waals surface area contributed by atoms with Crippen LogP contribution < -0.4 is 34.9 Å². The molecule has 0 radical (unpaired) electrons. The number of nitrogens with one attached hydrogen (secondary N) is 1. The molecule has 0 unspecified atom stereocenters. The van der Waals surface area contributed by atoms with Crippen LogP contribution in [-0.4, -0.2) is 56.8 Å². The van der Waals surface area contributed by atoms with Gasteiger partial charge < -0.3 is 29.5 Å². The lowest BCUT2D eigenvalue weighted by Gasteiger charge is -2.35. The summed E-state index contributed by atoms with van der Waals surface area (Å²) in [5.74, 6) is 0. The summed E-state index contributed by atoms with van der Waals surface area (Å²) in [7, 11) is 12.6. The number of hydrogen-bond acceptors (Lipinski definition) is 8. The molecule has 12 rings (SSSR count). The molecule has 0 atom stereocenters. The molecule has 0 spiro atoms. The molecule has 0 fully saturated rings. The van der Waals surface area contributed by atoms with Crippen LogP contribution in [0.4, 0.5) is 45.5 Å². The zero-order chi connectivity index (χ0) is 47.8. The zero-order valence-electron chi connectivity index (χ0n) is 39.9. The number of nitrogens with zero attached hydrogens (tertiary/aromatic N) is 8. The Balaban J connectivity index is 1.08. The van der Waals surface area contributed by atoms with Gasteiger partial charge in [-0.3, -0.25) is 4.79 Å². The van der Waals surface area contributed by atoms with Gasteiger partial charge in [-0.15, -0.1) is 4.57 Å². The summed E-state index contributed by atoms with van der Waals surface area (Å²) in [5.41, 5.74) is 21.5. The van der Waals surface area contributed by atoms with Crippen molar-refractivity contribution >= 4 is 78.6 Å². The maximum absolute atomic E-state index is 12.8. The van der Waals surface area contributed by atoms with Gasteiger partial charge in [0, 0.05) is 112 Å². The van der Waals surface area contributed by atoms with Crippen LogP contribution in [0.3, 0.4) is 0 Å². The molecular formula is C60H50N9O+. The van der Waals surface area contributed by atoms with E-state index in [1.54, 1.807) is 12.1 Å². The largest absolute Gasteiger partial charge is 0.377 e. The van der Waals surface area contributed by atoms with E-state index < -0.39 is 0 Å². The Morgan fingerprint density at radius 3 is 1.80 bits per heavy atom. The molecule has 9 aromatic rings. The van der Waals surface area contributed by atoms with Gasteiger partial charge in [-0.25, -0.2) is 9.97 Å². The molecule has 10 heteroatoms. The van der Waals surface area contributed by atoms with Crippen LogP contribution >= 0.6 is 0 Å². The van der Waals surface area contributed by atoms with Crippen molar-refractivity contribution in [3.63, 3.8) is 0 Å². The Bertz CT molecular complexity index is 3870. The minimum atomic E-state index is -0.0603. The first kappa shape index (κ1) is 42.3. The number of para-hydroxylation sites is 5. The van der Waals surface area contributed by atoms with Crippen molar-refractivity contribution in [3.8, 4) is 45.0 Å². The van der Waals surface area contributed by atoms with Gasteiger partial charge >= 0.3 is 0 Å². The van der Waals surface area contributed by atoms with Gasteiger partial charge in [-0.2, -0.15) is 0 Å². The molecule has 3 heterocycles. The van der Waals surface area contributed by atoms with E-state index in [1.165, 1.54) is 0 Å². The van der Waals surface area contributed by atoms with Gasteiger partial charge in [0.2, 0.25) is 16.7 Å². The second kappa shape index (κ2) is 16.6. The van der Waals surface area contributed by atoms with Crippen LogP contribution in [0.15, 0.2) is 193 Å². The predicted octanol–water partition coefficient (Wildman–Crippen LogP) is 12.5. The highest BCUT2D eigenvalue weighted by Gasteiger charge is 2.29. The molecule has 70 heavy (non-hydrogen) atoms. The van der Waals surface area contributed by atoms with Crippen LogP contribution in [0.5, 0.6) is 0 Å². The minimum absolute atomic E-state index is 0.0603. The number of fused-ring (bicyclic) bond motifs is 6. The molecule has 0 amide bonds. The van der Waals surface area contributed by atoms with E-state index in [0.717, 1.165) is 124 Å². The van der Waals surface area contributed by atoms with Gasteiger partial charge in [0.1, 0.15) is 11.0 Å². The SMILES string of the molecule is CN(C)c1cc2c(cc1-c1ccc3nc4cc(-c5cc6nc7ccc(=O)cc-7n(-c7ccccc7)c6cc5N(C)C)c(N(C)C)cc4[n+](-c4ccccc4)c3c1)Nc1ccccc1N2c1ccccc1. The molecule has 8 aromatic carbocycles. The predicted molar refractivity (Wildman–Crippen MR) is 290 cm³/mol. The van der Waals surface area contributed by atoms with Crippen LogP contribution in [0, 0.1) is 0 Å². The van der Waals surface area contributed by atoms with E-state index in [9.17, 15) is 4.79 Å². The minimum Gasteiger partial charge on any atom is -0.377 e. The van der Waals surface area contributed by atoms with Gasteiger partial charge in [0.05, 0.1) is 50.9 Å². The summed E-state index contributed by atoms with van der Waals surface area (Å²) in [5, 5.41) is 3.79. The second-order valence-electron chi connectivity index (χ2n) is 18.5. The fourth-order valence-corrected chi connectivity index (χ4v) is 10.2. The molecule has 3 aliphatic rings. The van der Waals surface area contributed by atoms with Crippen molar-refractivity contribution < 1.29 is 4.57 Å². The molecule has 2 aliphatic heterocycles. The van der Waals surface area contributed by atoms with Crippen molar-refractivity contribution in [2.75, 3.05) is 67.2 Å². The molecule has 1 aromatic heterocycles. The first-order chi connectivity index (χ1) is 34.1. The van der Waals surface area contributed by atoms with Gasteiger partial charge in [0.25, 0.3) is 0 Å². The third-order valence-electron chi connectivity index (χ3n) is 13.4. The highest BCUT2D eigenvalue weighted by Crippen LogP contribution is 2.51. The Morgan fingerprint density at radius 2 is 1.09 bits per heavy atom. The topological polar surface area (TPSA) is 76.7 Å². The Morgan fingerprint density at radius 1 is 0.471 bits per heavy atom. The number of hydrogen-bond donors (Lipinski definition) is 1. The maximum atomic E-state index is 12.8. The zero-order valence-corrected chi connectivity index (χ0v) is 39.9. The summed E-state index contributed by atoms with van der Waals surface area (Å²) in [6.45, 7) is 0. The molecule has 0 saturated heterocycles. The average molecular weight is 913 g/mol. The van der Waals surface area contributed by atoms with Crippen molar-refractivity contribution in [3.05, 3.63) is 198 Å². The Kier molecular flexibility index (Phi) is 10.1. The van der Waals surface area contributed by atoms with Gasteiger partial charge in [-0.1, -0.05) is 72.8 Å². The standard InChI is InChI=1S/C60H50N9O/c1-64(2)53-35-58-49(61-46-24-16-17-25-52(46)67(58)39-18-10-7-11-19-39)32-43(53)38-26-28-47-56(30-38)68(40-20-12-8-13-21-40)59-36-54(65(3)4)44(33-50(59)62-47)45-34-51-60(37-55(45)66(5)6)69(41-22-14-9-15-23-41)57-31-42(70)27-29-48(57)63-51/h7-37,61H,1-6H3/q+1. The lowest BCUT2D eigenvalue weighted by molar-refractivity contribution is -0.538. The average Bonchev–Trinajstić information content (AvgIpc) is 3.38. The lowest BCUT2D eigenvalue weighted by Crippen LogP contribution is -2.33. The third-order valence-corrected chi connectivity index (χ3v) is 13.4. The smallest absolute Gasteiger partial charge is 0.239 e. The normalized spacial score (nSPS) is 12.0. The van der Waals surface area contributed by atoms with Crippen molar-refractivity contribution in [1.82, 2.24) is 14.5 Å². The van der Waals surface area contributed by atoms with Crippen molar-refractivity contribution in [1.29, 1.82) is 0 Å². The summed E-state index contributed by atoms with van der Waals surface area (Å²) in [4.78, 5) is 32.4. The Hall–Kier alpha value is -9.02. The van der Waals surface area contributed by atoms with E-state index in [2.05, 4.69) is 228 Å². The molecule has 0 saturated carbocycles. The number of aromatic nitrogens is 4. The molecule has 340 valence electrons. The number of anilines is 8. The van der Waals surface area contributed by atoms with Crippen molar-refractivity contribution in [2.45, 2.75) is 0 Å². The van der Waals surface area contributed by atoms with E-state index in [1.807, 2.05) is 24.3 Å². The monoisotopic (exact) mass is 912 g/mol. The third kappa shape index (κ3) is 7.03. The molecule has 0 bridgehead atoms. The second-order valence-corrected chi connectivity index (χ2v) is 18.5. The summed E-state index contributed by atoms with van der Waals surface area (Å²) in [6, 6.07) is 65.0. The molecule has 1 N–H and O–H groups in total. The first-order valence-corrected chi connectivity index (χ1v) is 23.5. The fourth-order valence-electron chi connectivity index (χ4n) is 10.2. The molecule has 10 nitrogen and oxygen atoms in total. The van der Waals surface area contributed by atoms with E-state index in [-0.39, 0.29) is 5.43 Å². The maximum Gasteiger partial charge on any atom is 0.239 e. The highest BCUT2D eigenvalue weighted by atomic mass is 16.1. The van der Waals surface area contributed by atoms with Crippen LogP contribution in [0.1, 0.15) is 0 Å². The van der Waals surface area contributed by atoms with E-state index >= 15 is 0 Å². The molecular weight excluding hydrogens is 863 g/mol. The lowest BCUT2D eigenvalue weighted by atomic mass is 9.97. The van der Waals surface area contributed by atoms with Gasteiger partial charge in [0.15, 0.2) is 5.43 Å². The highest BCUT2D eigenvalue weighted by molar-refractivity contribution is 6.03. The first-order valence-electron chi connectivity index (χ1n) is 23.5. The van der Waals surface area contributed by atoms with E-state index in [4.69, 9.17) is 9.97 Å². The quantitative estimate of drug-likeness (QED) is 0.119. The van der Waals surface area contributed by atoms with Crippen LogP contribution in [0.2, 0.25) is 0 Å². The van der Waals surface area contributed by atoms with Crippen LogP contribution in [-0.2, 0) is 0 Å². The van der Waals surface area contributed by atoms with Crippen molar-refractivity contribution in [2.24, 2.45) is 0 Å².